The molecule has 3 aromatic heterocycles. The molecule has 0 radical (unpaired) electrons. The normalized spacial score (nSPS) is 18.2. The van der Waals surface area contributed by atoms with Gasteiger partial charge in [0.15, 0.2) is 9.84 Å². The number of nitrogens with one attached hydrogen (secondary N) is 1. The van der Waals surface area contributed by atoms with Gasteiger partial charge in [0.2, 0.25) is 5.91 Å². The second-order valence-corrected chi connectivity index (χ2v) is 9.70. The van der Waals surface area contributed by atoms with Gasteiger partial charge in [0, 0.05) is 48.4 Å². The van der Waals surface area contributed by atoms with Crippen LogP contribution in [0.5, 0.6) is 0 Å². The van der Waals surface area contributed by atoms with Crippen molar-refractivity contribution in [3.63, 3.8) is 0 Å². The second kappa shape index (κ2) is 7.22. The predicted octanol–water partition coefficient (Wildman–Crippen LogP) is 2.55. The highest BCUT2D eigenvalue weighted by Gasteiger charge is 2.31. The molecule has 0 bridgehead atoms. The molecular formula is C20H23N5O3S. The number of aryl methyl sites for hydroxylation is 2. The number of pyridine rings is 1. The molecule has 9 heteroatoms. The molecule has 0 aliphatic carbocycles. The van der Waals surface area contributed by atoms with E-state index in [-0.39, 0.29) is 23.3 Å². The zero-order valence-electron chi connectivity index (χ0n) is 16.6. The predicted molar refractivity (Wildman–Crippen MR) is 111 cm³/mol. The molecule has 4 rings (SSSR count). The number of sulfone groups is 1. The maximum Gasteiger partial charge on any atom is 0.222 e. The molecule has 0 aromatic carbocycles. The summed E-state index contributed by atoms with van der Waals surface area (Å²) in [6.45, 7) is 5.40. The van der Waals surface area contributed by atoms with E-state index in [0.29, 0.717) is 23.9 Å². The van der Waals surface area contributed by atoms with Crippen molar-refractivity contribution in [1.29, 1.82) is 0 Å². The SMILES string of the molecule is CCc1cn(-c2cc(C)nc(C3CCS(=O)(=O)C3)n2)c2cc(NC(C)=O)ncc12. The van der Waals surface area contributed by atoms with Gasteiger partial charge in [-0.05, 0) is 25.3 Å². The summed E-state index contributed by atoms with van der Waals surface area (Å²) >= 11 is 0. The third-order valence-electron chi connectivity index (χ3n) is 5.16. The van der Waals surface area contributed by atoms with Crippen LogP contribution in [0.25, 0.3) is 16.7 Å². The number of rotatable bonds is 4. The number of carbonyl (C=O) groups is 1. The van der Waals surface area contributed by atoms with Crippen LogP contribution in [0.2, 0.25) is 0 Å². The Balaban J connectivity index is 1.84. The second-order valence-electron chi connectivity index (χ2n) is 7.47. The molecule has 8 nitrogen and oxygen atoms in total. The van der Waals surface area contributed by atoms with Crippen LogP contribution < -0.4 is 5.32 Å². The fourth-order valence-corrected chi connectivity index (χ4v) is 5.52. The van der Waals surface area contributed by atoms with Gasteiger partial charge < -0.3 is 9.88 Å². The van der Waals surface area contributed by atoms with Crippen LogP contribution in [-0.2, 0) is 21.1 Å². The lowest BCUT2D eigenvalue weighted by atomic mass is 10.1. The Hall–Kier alpha value is -2.81. The summed E-state index contributed by atoms with van der Waals surface area (Å²) in [5.74, 6) is 1.64. The van der Waals surface area contributed by atoms with Crippen LogP contribution in [0.1, 0.15) is 43.3 Å². The maximum absolute atomic E-state index is 11.9. The molecule has 29 heavy (non-hydrogen) atoms. The number of hydrogen-bond donors (Lipinski definition) is 1. The van der Waals surface area contributed by atoms with Crippen molar-refractivity contribution in [1.82, 2.24) is 19.5 Å². The Labute approximate surface area is 169 Å². The van der Waals surface area contributed by atoms with Gasteiger partial charge >= 0.3 is 0 Å². The van der Waals surface area contributed by atoms with Crippen LogP contribution in [0.15, 0.2) is 24.5 Å². The summed E-state index contributed by atoms with van der Waals surface area (Å²) in [6, 6.07) is 3.71. The van der Waals surface area contributed by atoms with Gasteiger partial charge in [-0.1, -0.05) is 6.92 Å². The van der Waals surface area contributed by atoms with Gasteiger partial charge in [-0.15, -0.1) is 0 Å². The molecule has 1 N–H and O–H groups in total. The molecule has 4 heterocycles. The van der Waals surface area contributed by atoms with E-state index >= 15 is 0 Å². The highest BCUT2D eigenvalue weighted by atomic mass is 32.2. The molecule has 1 amide bonds. The topological polar surface area (TPSA) is 107 Å². The van der Waals surface area contributed by atoms with Crippen LogP contribution in [-0.4, -0.2) is 45.3 Å². The molecule has 1 saturated heterocycles. The summed E-state index contributed by atoms with van der Waals surface area (Å²) < 4.78 is 25.8. The smallest absolute Gasteiger partial charge is 0.222 e. The van der Waals surface area contributed by atoms with Crippen molar-refractivity contribution in [3.05, 3.63) is 41.6 Å². The van der Waals surface area contributed by atoms with Crippen molar-refractivity contribution in [2.75, 3.05) is 16.8 Å². The molecule has 1 atom stereocenters. The van der Waals surface area contributed by atoms with E-state index in [1.165, 1.54) is 6.92 Å². The lowest BCUT2D eigenvalue weighted by Crippen LogP contribution is -2.11. The van der Waals surface area contributed by atoms with Gasteiger partial charge in [0.25, 0.3) is 0 Å². The minimum atomic E-state index is -3.02. The fraction of sp³-hybridized carbons (Fsp3) is 0.400. The summed E-state index contributed by atoms with van der Waals surface area (Å²) in [7, 11) is -3.02. The molecule has 1 unspecified atom stereocenters. The van der Waals surface area contributed by atoms with E-state index in [4.69, 9.17) is 4.98 Å². The largest absolute Gasteiger partial charge is 0.311 e. The van der Waals surface area contributed by atoms with Gasteiger partial charge in [-0.3, -0.25) is 4.79 Å². The monoisotopic (exact) mass is 413 g/mol. The van der Waals surface area contributed by atoms with Gasteiger partial charge in [0.05, 0.1) is 17.0 Å². The molecule has 1 aliphatic rings. The zero-order chi connectivity index (χ0) is 20.8. The first-order valence-electron chi connectivity index (χ1n) is 9.59. The van der Waals surface area contributed by atoms with E-state index in [0.717, 1.165) is 28.6 Å². The molecule has 0 saturated carbocycles. The summed E-state index contributed by atoms with van der Waals surface area (Å²) in [5.41, 5.74) is 2.78. The van der Waals surface area contributed by atoms with E-state index < -0.39 is 9.84 Å². The third-order valence-corrected chi connectivity index (χ3v) is 6.93. The van der Waals surface area contributed by atoms with Gasteiger partial charge in [-0.2, -0.15) is 0 Å². The minimum Gasteiger partial charge on any atom is -0.311 e. The molecule has 0 spiro atoms. The van der Waals surface area contributed by atoms with E-state index in [1.807, 2.05) is 29.8 Å². The quantitative estimate of drug-likeness (QED) is 0.704. The maximum atomic E-state index is 11.9. The van der Waals surface area contributed by atoms with Crippen LogP contribution >= 0.6 is 0 Å². The average molecular weight is 414 g/mol. The minimum absolute atomic E-state index is 0.0964. The Morgan fingerprint density at radius 3 is 2.76 bits per heavy atom. The van der Waals surface area contributed by atoms with Crippen LogP contribution in [0, 0.1) is 6.92 Å². The number of carbonyl (C=O) groups excluding carboxylic acids is 1. The first kappa shape index (κ1) is 19.5. The first-order valence-corrected chi connectivity index (χ1v) is 11.4. The zero-order valence-corrected chi connectivity index (χ0v) is 17.5. The first-order chi connectivity index (χ1) is 13.8. The Morgan fingerprint density at radius 2 is 2.10 bits per heavy atom. The molecule has 3 aromatic rings. The molecule has 152 valence electrons. The molecular weight excluding hydrogens is 390 g/mol. The molecule has 1 fully saturated rings. The lowest BCUT2D eigenvalue weighted by molar-refractivity contribution is -0.114. The number of aromatic nitrogens is 4. The van der Waals surface area contributed by atoms with Crippen molar-refractivity contribution in [2.45, 2.75) is 39.5 Å². The highest BCUT2D eigenvalue weighted by Crippen LogP contribution is 2.30. The number of fused-ring (bicyclic) bond motifs is 1. The third kappa shape index (κ3) is 3.87. The van der Waals surface area contributed by atoms with Crippen molar-refractivity contribution in [3.8, 4) is 5.82 Å². The van der Waals surface area contributed by atoms with Crippen molar-refractivity contribution >= 4 is 32.5 Å². The Bertz CT molecular complexity index is 1220. The van der Waals surface area contributed by atoms with Crippen molar-refractivity contribution < 1.29 is 13.2 Å². The summed E-state index contributed by atoms with van der Waals surface area (Å²) in [4.78, 5) is 25.0. The standard InChI is InChI=1S/C20H23N5O3S/c1-4-14-10-25(17-8-18(23-13(3)26)21-9-16(14)17)19-7-12(2)22-20(24-19)15-5-6-29(27,28)11-15/h7-10,15H,4-6,11H2,1-3H3,(H,21,23,26). The number of amides is 1. The van der Waals surface area contributed by atoms with E-state index in [9.17, 15) is 13.2 Å². The van der Waals surface area contributed by atoms with Crippen molar-refractivity contribution in [2.24, 2.45) is 0 Å². The van der Waals surface area contributed by atoms with Crippen LogP contribution in [0.3, 0.4) is 0 Å². The lowest BCUT2D eigenvalue weighted by Gasteiger charge is -2.12. The van der Waals surface area contributed by atoms with Gasteiger partial charge in [-0.25, -0.2) is 23.4 Å². The van der Waals surface area contributed by atoms with Gasteiger partial charge in [0.1, 0.15) is 17.5 Å². The number of hydrogen-bond acceptors (Lipinski definition) is 6. The number of anilines is 1. The Morgan fingerprint density at radius 1 is 1.31 bits per heavy atom. The number of nitrogens with zero attached hydrogens (tertiary/aromatic N) is 4. The van der Waals surface area contributed by atoms with Crippen LogP contribution in [0.4, 0.5) is 5.82 Å². The average Bonchev–Trinajstić information content (AvgIpc) is 3.20. The summed E-state index contributed by atoms with van der Waals surface area (Å²) in [5, 5.41) is 3.71. The Kier molecular flexibility index (Phi) is 4.85. The van der Waals surface area contributed by atoms with E-state index in [2.05, 4.69) is 22.2 Å². The highest BCUT2D eigenvalue weighted by molar-refractivity contribution is 7.91. The fourth-order valence-electron chi connectivity index (χ4n) is 3.79. The molecule has 1 aliphatic heterocycles. The van der Waals surface area contributed by atoms with E-state index in [1.54, 1.807) is 6.20 Å². The summed E-state index contributed by atoms with van der Waals surface area (Å²) in [6.07, 6.45) is 5.15.